The van der Waals surface area contributed by atoms with E-state index in [4.69, 9.17) is 4.74 Å². The van der Waals surface area contributed by atoms with E-state index in [1.807, 2.05) is 24.3 Å². The molecule has 224 valence electrons. The lowest BCUT2D eigenvalue weighted by molar-refractivity contribution is -0.138. The molecule has 3 N–H and O–H groups in total. The third kappa shape index (κ3) is 9.59. The van der Waals surface area contributed by atoms with Crippen molar-refractivity contribution in [3.63, 3.8) is 0 Å². The van der Waals surface area contributed by atoms with Gasteiger partial charge in [-0.25, -0.2) is 0 Å². The fourth-order valence-corrected chi connectivity index (χ4v) is 5.51. The Morgan fingerprint density at radius 3 is 2.62 bits per heavy atom. The summed E-state index contributed by atoms with van der Waals surface area (Å²) in [7, 11) is 0. The summed E-state index contributed by atoms with van der Waals surface area (Å²) in [6, 6.07) is 8.53. The molecule has 42 heavy (non-hydrogen) atoms. The molecule has 2 aliphatic heterocycles. The van der Waals surface area contributed by atoms with Crippen LogP contribution in [0.1, 0.15) is 81.0 Å². The van der Waals surface area contributed by atoms with Gasteiger partial charge in [-0.2, -0.15) is 0 Å². The first-order chi connectivity index (χ1) is 20.4. The molecule has 2 saturated heterocycles. The maximum atomic E-state index is 13.3. The van der Waals surface area contributed by atoms with E-state index < -0.39 is 12.0 Å². The van der Waals surface area contributed by atoms with Gasteiger partial charge in [0, 0.05) is 43.0 Å². The van der Waals surface area contributed by atoms with E-state index in [-0.39, 0.29) is 24.2 Å². The summed E-state index contributed by atoms with van der Waals surface area (Å²) in [5.74, 6) is 6.02. The standard InChI is InChI=1S/C33H42N4O5/c1-2-18-42-29-10-7-24(8-11-29)5-6-26-19-28(22-35-21-26)30(20-32(39)40)36-33(41)27-4-3-17-37(23-27)31(38)12-9-25-13-15-34-16-14-25/h7-8,10-11,19,21-22,25,27,30,34H,2-4,9,12-18,20,23H2,1H3,(H,36,41)(H,39,40)/t27-,30+/m1/s1. The number of nitrogens with one attached hydrogen (secondary N) is 2. The lowest BCUT2D eigenvalue weighted by atomic mass is 9.92. The third-order valence-corrected chi connectivity index (χ3v) is 7.91. The van der Waals surface area contributed by atoms with Gasteiger partial charge >= 0.3 is 5.97 Å². The number of carboxylic acid groups (broad SMARTS) is 1. The van der Waals surface area contributed by atoms with Crippen LogP contribution < -0.4 is 15.4 Å². The van der Waals surface area contributed by atoms with Crippen molar-refractivity contribution in [2.24, 2.45) is 11.8 Å². The topological polar surface area (TPSA) is 121 Å². The average molecular weight is 575 g/mol. The van der Waals surface area contributed by atoms with Gasteiger partial charge in [0.15, 0.2) is 0 Å². The molecule has 0 saturated carbocycles. The van der Waals surface area contributed by atoms with Crippen LogP contribution in [-0.2, 0) is 14.4 Å². The second-order valence-corrected chi connectivity index (χ2v) is 11.2. The molecular formula is C33H42N4O5. The van der Waals surface area contributed by atoms with Crippen molar-refractivity contribution in [1.29, 1.82) is 0 Å². The van der Waals surface area contributed by atoms with Crippen molar-refractivity contribution in [3.05, 3.63) is 59.4 Å². The predicted molar refractivity (Wildman–Crippen MR) is 160 cm³/mol. The van der Waals surface area contributed by atoms with Crippen molar-refractivity contribution in [2.75, 3.05) is 32.8 Å². The molecule has 4 rings (SSSR count). The molecule has 2 atom stereocenters. The molecule has 1 aromatic carbocycles. The molecule has 1 aromatic heterocycles. The molecule has 2 amide bonds. The summed E-state index contributed by atoms with van der Waals surface area (Å²) in [4.78, 5) is 44.0. The summed E-state index contributed by atoms with van der Waals surface area (Å²) in [6.45, 7) is 5.76. The van der Waals surface area contributed by atoms with Crippen LogP contribution in [0.25, 0.3) is 0 Å². The summed E-state index contributed by atoms with van der Waals surface area (Å²) in [5.41, 5.74) is 2.00. The first kappa shape index (κ1) is 31.0. The number of carbonyl (C=O) groups excluding carboxylic acids is 2. The highest BCUT2D eigenvalue weighted by molar-refractivity contribution is 5.82. The van der Waals surface area contributed by atoms with E-state index in [0.717, 1.165) is 56.5 Å². The van der Waals surface area contributed by atoms with E-state index in [0.29, 0.717) is 49.6 Å². The van der Waals surface area contributed by atoms with Gasteiger partial charge in [0.05, 0.1) is 25.0 Å². The van der Waals surface area contributed by atoms with Crippen molar-refractivity contribution >= 4 is 17.8 Å². The zero-order valence-corrected chi connectivity index (χ0v) is 24.4. The quantitative estimate of drug-likeness (QED) is 0.348. The van der Waals surface area contributed by atoms with E-state index in [2.05, 4.69) is 34.4 Å². The normalized spacial score (nSPS) is 17.9. The van der Waals surface area contributed by atoms with Crippen LogP contribution >= 0.6 is 0 Å². The Bertz CT molecular complexity index is 1260. The number of hydrogen-bond donors (Lipinski definition) is 3. The zero-order chi connectivity index (χ0) is 29.7. The van der Waals surface area contributed by atoms with Gasteiger partial charge in [0.1, 0.15) is 5.75 Å². The van der Waals surface area contributed by atoms with Gasteiger partial charge in [-0.15, -0.1) is 0 Å². The van der Waals surface area contributed by atoms with Gasteiger partial charge in [-0.3, -0.25) is 19.4 Å². The first-order valence-corrected chi connectivity index (χ1v) is 15.1. The minimum atomic E-state index is -1.03. The van der Waals surface area contributed by atoms with E-state index in [1.54, 1.807) is 23.4 Å². The molecule has 9 heteroatoms. The molecule has 2 aromatic rings. The van der Waals surface area contributed by atoms with Crippen molar-refractivity contribution < 1.29 is 24.2 Å². The predicted octanol–water partition coefficient (Wildman–Crippen LogP) is 3.92. The highest BCUT2D eigenvalue weighted by Crippen LogP contribution is 2.24. The number of benzene rings is 1. The van der Waals surface area contributed by atoms with Gasteiger partial charge in [-0.05, 0) is 93.4 Å². The fraction of sp³-hybridized carbons (Fsp3) is 0.515. The number of carboxylic acids is 1. The number of aliphatic carboxylic acids is 1. The smallest absolute Gasteiger partial charge is 0.305 e. The van der Waals surface area contributed by atoms with Gasteiger partial charge in [0.25, 0.3) is 0 Å². The highest BCUT2D eigenvalue weighted by atomic mass is 16.5. The third-order valence-electron chi connectivity index (χ3n) is 7.91. The second kappa shape index (κ2) is 15.9. The number of likely N-dealkylation sites (tertiary alicyclic amines) is 1. The molecule has 3 heterocycles. The summed E-state index contributed by atoms with van der Waals surface area (Å²) in [5, 5.41) is 15.9. The summed E-state index contributed by atoms with van der Waals surface area (Å²) in [6.07, 6.45) is 8.85. The van der Waals surface area contributed by atoms with Crippen molar-refractivity contribution in [3.8, 4) is 17.6 Å². The van der Waals surface area contributed by atoms with E-state index >= 15 is 0 Å². The number of rotatable bonds is 11. The Hall–Kier alpha value is -3.90. The number of hydrogen-bond acceptors (Lipinski definition) is 6. The van der Waals surface area contributed by atoms with Gasteiger partial charge in [-0.1, -0.05) is 18.8 Å². The molecule has 0 unspecified atom stereocenters. The van der Waals surface area contributed by atoms with E-state index in [9.17, 15) is 19.5 Å². The maximum Gasteiger partial charge on any atom is 0.305 e. The number of aromatic nitrogens is 1. The molecule has 2 fully saturated rings. The van der Waals surface area contributed by atoms with Gasteiger partial charge in [0.2, 0.25) is 11.8 Å². The summed E-state index contributed by atoms with van der Waals surface area (Å²) >= 11 is 0. The van der Waals surface area contributed by atoms with Crippen molar-refractivity contribution in [1.82, 2.24) is 20.5 Å². The molecule has 0 radical (unpaired) electrons. The second-order valence-electron chi connectivity index (χ2n) is 11.2. The number of nitrogens with zero attached hydrogens (tertiary/aromatic N) is 2. The van der Waals surface area contributed by atoms with Crippen LogP contribution in [0.4, 0.5) is 0 Å². The number of pyridine rings is 1. The van der Waals surface area contributed by atoms with Crippen LogP contribution in [0.5, 0.6) is 5.75 Å². The SMILES string of the molecule is CCCOc1ccc(C#Cc2cncc([C@H](CC(=O)O)NC(=O)[C@@H]3CCCN(C(=O)CCC4CCNCC4)C3)c2)cc1. The maximum absolute atomic E-state index is 13.3. The average Bonchev–Trinajstić information content (AvgIpc) is 3.02. The molecule has 0 spiro atoms. The van der Waals surface area contributed by atoms with Crippen LogP contribution in [0.15, 0.2) is 42.7 Å². The Morgan fingerprint density at radius 1 is 1.12 bits per heavy atom. The minimum Gasteiger partial charge on any atom is -0.494 e. The number of ether oxygens (including phenoxy) is 1. The number of amides is 2. The lowest BCUT2D eigenvalue weighted by Crippen LogP contribution is -2.46. The monoisotopic (exact) mass is 574 g/mol. The summed E-state index contributed by atoms with van der Waals surface area (Å²) < 4.78 is 5.61. The Balaban J connectivity index is 1.37. The lowest BCUT2D eigenvalue weighted by Gasteiger charge is -2.33. The van der Waals surface area contributed by atoms with Crippen LogP contribution in [0.2, 0.25) is 0 Å². The Morgan fingerprint density at radius 2 is 1.88 bits per heavy atom. The molecular weight excluding hydrogens is 532 g/mol. The molecule has 9 nitrogen and oxygen atoms in total. The minimum absolute atomic E-state index is 0.103. The Kier molecular flexibility index (Phi) is 11.8. The van der Waals surface area contributed by atoms with Crippen LogP contribution in [0.3, 0.4) is 0 Å². The van der Waals surface area contributed by atoms with Crippen molar-refractivity contribution in [2.45, 2.75) is 64.3 Å². The van der Waals surface area contributed by atoms with Gasteiger partial charge < -0.3 is 25.4 Å². The molecule has 0 aliphatic carbocycles. The Labute approximate surface area is 248 Å². The first-order valence-electron chi connectivity index (χ1n) is 15.1. The van der Waals surface area contributed by atoms with Crippen LogP contribution in [-0.4, -0.2) is 65.6 Å². The largest absolute Gasteiger partial charge is 0.494 e. The highest BCUT2D eigenvalue weighted by Gasteiger charge is 2.30. The molecule has 2 aliphatic rings. The van der Waals surface area contributed by atoms with E-state index in [1.165, 1.54) is 0 Å². The number of piperidine rings is 2. The fourth-order valence-electron chi connectivity index (χ4n) is 5.51. The van der Waals surface area contributed by atoms with Crippen LogP contribution in [0, 0.1) is 23.7 Å². The number of carbonyl (C=O) groups is 3. The zero-order valence-electron chi connectivity index (χ0n) is 24.4. The molecule has 0 bridgehead atoms.